The maximum atomic E-state index is 11.4. The molecule has 1 atom stereocenters. The van der Waals surface area contributed by atoms with Crippen LogP contribution in [0.25, 0.3) is 0 Å². The minimum Gasteiger partial charge on any atom is -0.355 e. The third-order valence-corrected chi connectivity index (χ3v) is 3.45. The van der Waals surface area contributed by atoms with Crippen molar-refractivity contribution in [3.63, 3.8) is 0 Å². The molecule has 0 radical (unpaired) electrons. The van der Waals surface area contributed by atoms with Crippen LogP contribution in [-0.2, 0) is 4.79 Å². The molecule has 0 saturated carbocycles. The largest absolute Gasteiger partial charge is 0.355 e. The number of carbonyl (C=O) groups is 1. The molecule has 1 amide bonds. The number of hydrogen-bond donors (Lipinski definition) is 2. The van der Waals surface area contributed by atoms with Gasteiger partial charge in [0.05, 0.1) is 0 Å². The Morgan fingerprint density at radius 2 is 2.14 bits per heavy atom. The van der Waals surface area contributed by atoms with Crippen molar-refractivity contribution in [2.45, 2.75) is 31.9 Å². The van der Waals surface area contributed by atoms with E-state index in [1.807, 2.05) is 6.92 Å². The summed E-state index contributed by atoms with van der Waals surface area (Å²) in [7, 11) is 0. The third-order valence-electron chi connectivity index (χ3n) is 2.20. The Hall–Kier alpha value is -0.220. The number of nitrogens with one attached hydrogen (secondary N) is 1. The molecule has 0 aromatic rings. The highest BCUT2D eigenvalue weighted by atomic mass is 32.2. The van der Waals surface area contributed by atoms with E-state index in [-0.39, 0.29) is 16.6 Å². The second kappa shape index (κ2) is 6.30. The molecule has 84 valence electrons. The Morgan fingerprint density at radius 1 is 1.57 bits per heavy atom. The average molecular weight is 218 g/mol. The summed E-state index contributed by atoms with van der Waals surface area (Å²) in [5, 5.41) is 2.92. The average Bonchev–Trinajstić information content (AvgIpc) is 2.15. The van der Waals surface area contributed by atoms with Gasteiger partial charge in [-0.3, -0.25) is 4.79 Å². The van der Waals surface area contributed by atoms with E-state index in [4.69, 9.17) is 5.73 Å². The minimum absolute atomic E-state index is 0.102. The van der Waals surface area contributed by atoms with Gasteiger partial charge in [-0.05, 0) is 32.6 Å². The van der Waals surface area contributed by atoms with Gasteiger partial charge in [0.15, 0.2) is 0 Å². The van der Waals surface area contributed by atoms with Gasteiger partial charge in [0.1, 0.15) is 0 Å². The summed E-state index contributed by atoms with van der Waals surface area (Å²) in [5.41, 5.74) is 5.44. The SMILES string of the molecule is CSC(C)(C)CNC(=O)CC(C)CN. The molecule has 3 nitrogen and oxygen atoms in total. The first kappa shape index (κ1) is 13.8. The van der Waals surface area contributed by atoms with Gasteiger partial charge in [0.25, 0.3) is 0 Å². The fourth-order valence-corrected chi connectivity index (χ4v) is 1.07. The summed E-state index contributed by atoms with van der Waals surface area (Å²) < 4.78 is 0.113. The maximum absolute atomic E-state index is 11.4. The zero-order valence-corrected chi connectivity index (χ0v) is 10.4. The van der Waals surface area contributed by atoms with Crippen LogP contribution in [0, 0.1) is 5.92 Å². The van der Waals surface area contributed by atoms with Gasteiger partial charge in [-0.15, -0.1) is 0 Å². The third kappa shape index (κ3) is 6.27. The lowest BCUT2D eigenvalue weighted by molar-refractivity contribution is -0.121. The van der Waals surface area contributed by atoms with Crippen molar-refractivity contribution in [1.82, 2.24) is 5.32 Å². The van der Waals surface area contributed by atoms with Crippen LogP contribution in [0.4, 0.5) is 0 Å². The van der Waals surface area contributed by atoms with Crippen molar-refractivity contribution in [2.24, 2.45) is 11.7 Å². The lowest BCUT2D eigenvalue weighted by Crippen LogP contribution is -2.37. The lowest BCUT2D eigenvalue weighted by Gasteiger charge is -2.22. The van der Waals surface area contributed by atoms with Crippen molar-refractivity contribution in [3.05, 3.63) is 0 Å². The van der Waals surface area contributed by atoms with Crippen LogP contribution in [0.5, 0.6) is 0 Å². The van der Waals surface area contributed by atoms with E-state index in [0.717, 1.165) is 0 Å². The quantitative estimate of drug-likeness (QED) is 0.705. The van der Waals surface area contributed by atoms with Crippen molar-refractivity contribution in [3.8, 4) is 0 Å². The second-order valence-corrected chi connectivity index (χ2v) is 5.80. The number of hydrogen-bond acceptors (Lipinski definition) is 3. The molecule has 0 aliphatic heterocycles. The molecule has 0 spiro atoms. The Bertz CT molecular complexity index is 183. The van der Waals surface area contributed by atoms with Crippen LogP contribution in [0.1, 0.15) is 27.2 Å². The summed E-state index contributed by atoms with van der Waals surface area (Å²) >= 11 is 1.75. The van der Waals surface area contributed by atoms with Gasteiger partial charge < -0.3 is 11.1 Å². The number of amides is 1. The van der Waals surface area contributed by atoms with Crippen molar-refractivity contribution in [2.75, 3.05) is 19.3 Å². The molecule has 0 saturated heterocycles. The van der Waals surface area contributed by atoms with Gasteiger partial charge in [0.2, 0.25) is 5.91 Å². The lowest BCUT2D eigenvalue weighted by atomic mass is 10.1. The summed E-state index contributed by atoms with van der Waals surface area (Å²) in [6.07, 6.45) is 2.58. The molecule has 1 unspecified atom stereocenters. The minimum atomic E-state index is 0.102. The van der Waals surface area contributed by atoms with Crippen LogP contribution >= 0.6 is 11.8 Å². The normalized spacial score (nSPS) is 13.8. The Balaban J connectivity index is 3.74. The first-order valence-electron chi connectivity index (χ1n) is 4.93. The predicted octanol–water partition coefficient (Wildman–Crippen LogP) is 1.23. The molecular formula is C10H22N2OS. The molecule has 0 aliphatic rings. The first-order valence-corrected chi connectivity index (χ1v) is 6.15. The van der Waals surface area contributed by atoms with Gasteiger partial charge in [-0.1, -0.05) is 6.92 Å². The van der Waals surface area contributed by atoms with Gasteiger partial charge in [-0.25, -0.2) is 0 Å². The molecule has 0 rings (SSSR count). The summed E-state index contributed by atoms with van der Waals surface area (Å²) in [5.74, 6) is 0.373. The zero-order chi connectivity index (χ0) is 11.2. The topological polar surface area (TPSA) is 55.1 Å². The van der Waals surface area contributed by atoms with Crippen LogP contribution in [0.2, 0.25) is 0 Å². The number of carbonyl (C=O) groups excluding carboxylic acids is 1. The Morgan fingerprint density at radius 3 is 2.57 bits per heavy atom. The number of rotatable bonds is 6. The molecule has 0 aliphatic carbocycles. The summed E-state index contributed by atoms with van der Waals surface area (Å²) in [6.45, 7) is 7.50. The van der Waals surface area contributed by atoms with Gasteiger partial charge in [-0.2, -0.15) is 11.8 Å². The molecule has 0 fully saturated rings. The monoisotopic (exact) mass is 218 g/mol. The smallest absolute Gasteiger partial charge is 0.220 e. The van der Waals surface area contributed by atoms with Crippen molar-refractivity contribution >= 4 is 17.7 Å². The van der Waals surface area contributed by atoms with E-state index < -0.39 is 0 Å². The van der Waals surface area contributed by atoms with Crippen LogP contribution in [0.15, 0.2) is 0 Å². The second-order valence-electron chi connectivity index (χ2n) is 4.29. The van der Waals surface area contributed by atoms with Crippen molar-refractivity contribution in [1.29, 1.82) is 0 Å². The van der Waals surface area contributed by atoms with E-state index in [0.29, 0.717) is 19.5 Å². The fraction of sp³-hybridized carbons (Fsp3) is 0.900. The molecule has 4 heteroatoms. The first-order chi connectivity index (χ1) is 6.41. The highest BCUT2D eigenvalue weighted by Crippen LogP contribution is 2.19. The summed E-state index contributed by atoms with van der Waals surface area (Å²) in [6, 6.07) is 0. The van der Waals surface area contributed by atoms with Crippen LogP contribution in [-0.4, -0.2) is 30.0 Å². The van der Waals surface area contributed by atoms with Gasteiger partial charge in [0, 0.05) is 17.7 Å². The molecule has 0 aromatic heterocycles. The van der Waals surface area contributed by atoms with Gasteiger partial charge >= 0.3 is 0 Å². The van der Waals surface area contributed by atoms with E-state index in [1.54, 1.807) is 11.8 Å². The molecule has 3 N–H and O–H groups in total. The van der Waals surface area contributed by atoms with Crippen molar-refractivity contribution < 1.29 is 4.79 Å². The van der Waals surface area contributed by atoms with E-state index in [9.17, 15) is 4.79 Å². The summed E-state index contributed by atoms with van der Waals surface area (Å²) in [4.78, 5) is 11.4. The van der Waals surface area contributed by atoms with E-state index in [2.05, 4.69) is 25.4 Å². The zero-order valence-electron chi connectivity index (χ0n) is 9.59. The Kier molecular flexibility index (Phi) is 6.20. The van der Waals surface area contributed by atoms with Crippen LogP contribution < -0.4 is 11.1 Å². The number of thioether (sulfide) groups is 1. The Labute approximate surface area is 91.2 Å². The standard InChI is InChI=1S/C10H22N2OS/c1-8(6-11)5-9(13)12-7-10(2,3)14-4/h8H,5-7,11H2,1-4H3,(H,12,13). The predicted molar refractivity (Wildman–Crippen MR) is 63.4 cm³/mol. The highest BCUT2D eigenvalue weighted by molar-refractivity contribution is 7.99. The fourth-order valence-electron chi connectivity index (χ4n) is 0.856. The van der Waals surface area contributed by atoms with E-state index >= 15 is 0 Å². The number of nitrogens with two attached hydrogens (primary N) is 1. The maximum Gasteiger partial charge on any atom is 0.220 e. The molecule has 0 aromatic carbocycles. The van der Waals surface area contributed by atoms with Crippen LogP contribution in [0.3, 0.4) is 0 Å². The highest BCUT2D eigenvalue weighted by Gasteiger charge is 2.17. The molecular weight excluding hydrogens is 196 g/mol. The molecule has 14 heavy (non-hydrogen) atoms. The molecule has 0 bridgehead atoms. The van der Waals surface area contributed by atoms with E-state index in [1.165, 1.54) is 0 Å². The molecule has 0 heterocycles.